The zero-order chi connectivity index (χ0) is 21.6. The van der Waals surface area contributed by atoms with Gasteiger partial charge in [-0.05, 0) is 30.0 Å². The number of aryl methyl sites for hydroxylation is 1. The van der Waals surface area contributed by atoms with Crippen LogP contribution in [-0.4, -0.2) is 43.0 Å². The van der Waals surface area contributed by atoms with Crippen LogP contribution in [0, 0.1) is 6.92 Å². The molecule has 0 saturated carbocycles. The van der Waals surface area contributed by atoms with E-state index in [4.69, 9.17) is 4.74 Å². The summed E-state index contributed by atoms with van der Waals surface area (Å²) >= 11 is 1.47. The highest BCUT2D eigenvalue weighted by Crippen LogP contribution is 2.40. The molecule has 1 aromatic heterocycles. The first kappa shape index (κ1) is 21.3. The van der Waals surface area contributed by atoms with Gasteiger partial charge < -0.3 is 15.0 Å². The summed E-state index contributed by atoms with van der Waals surface area (Å²) in [6, 6.07) is 19.9. The summed E-state index contributed by atoms with van der Waals surface area (Å²) in [4.78, 5) is 28.9. The second kappa shape index (κ2) is 9.90. The lowest BCUT2D eigenvalue weighted by molar-refractivity contribution is -0.116. The topological polar surface area (TPSA) is 58.6 Å². The maximum absolute atomic E-state index is 13.4. The van der Waals surface area contributed by atoms with E-state index in [2.05, 4.69) is 5.32 Å². The van der Waals surface area contributed by atoms with Gasteiger partial charge in [-0.3, -0.25) is 9.59 Å². The molecule has 3 aromatic rings. The van der Waals surface area contributed by atoms with Crippen LogP contribution in [0.3, 0.4) is 0 Å². The molecule has 2 aromatic carbocycles. The number of nitrogens with zero attached hydrogens (tertiary/aromatic N) is 1. The highest BCUT2D eigenvalue weighted by Gasteiger charge is 2.27. The van der Waals surface area contributed by atoms with Crippen LogP contribution in [0.5, 0.6) is 0 Å². The Kier molecular flexibility index (Phi) is 6.79. The Balaban J connectivity index is 1.60. The number of nitrogens with one attached hydrogen (secondary N) is 1. The lowest BCUT2D eigenvalue weighted by Gasteiger charge is -2.27. The number of thiophene rings is 1. The number of anilines is 1. The monoisotopic (exact) mass is 434 g/mol. The van der Waals surface area contributed by atoms with Crippen LogP contribution in [0.15, 0.2) is 60.7 Å². The van der Waals surface area contributed by atoms with Gasteiger partial charge in [0.15, 0.2) is 0 Å². The highest BCUT2D eigenvalue weighted by molar-refractivity contribution is 7.20. The molecule has 1 N–H and O–H groups in total. The first-order valence-electron chi connectivity index (χ1n) is 10.5. The number of hydrogen-bond donors (Lipinski definition) is 1. The normalized spacial score (nSPS) is 13.8. The molecule has 160 valence electrons. The quantitative estimate of drug-likeness (QED) is 0.608. The molecule has 4 rings (SSSR count). The summed E-state index contributed by atoms with van der Waals surface area (Å²) in [5.41, 5.74) is 3.67. The maximum atomic E-state index is 13.4. The number of benzene rings is 2. The van der Waals surface area contributed by atoms with Gasteiger partial charge in [0.2, 0.25) is 5.91 Å². The van der Waals surface area contributed by atoms with Crippen molar-refractivity contribution in [3.05, 3.63) is 77.4 Å². The van der Waals surface area contributed by atoms with E-state index in [1.165, 1.54) is 11.3 Å². The Morgan fingerprint density at radius 3 is 2.32 bits per heavy atom. The average molecular weight is 435 g/mol. The van der Waals surface area contributed by atoms with Crippen molar-refractivity contribution in [1.82, 2.24) is 4.90 Å². The predicted molar refractivity (Wildman–Crippen MR) is 125 cm³/mol. The molecule has 1 aliphatic heterocycles. The van der Waals surface area contributed by atoms with Crippen LogP contribution < -0.4 is 5.32 Å². The molecule has 2 amide bonds. The largest absolute Gasteiger partial charge is 0.378 e. The van der Waals surface area contributed by atoms with E-state index < -0.39 is 0 Å². The van der Waals surface area contributed by atoms with Crippen molar-refractivity contribution in [3.63, 3.8) is 0 Å². The summed E-state index contributed by atoms with van der Waals surface area (Å²) < 4.78 is 5.40. The van der Waals surface area contributed by atoms with Crippen molar-refractivity contribution < 1.29 is 14.3 Å². The fourth-order valence-corrected chi connectivity index (χ4v) is 4.96. The summed E-state index contributed by atoms with van der Waals surface area (Å²) in [7, 11) is 0. The van der Waals surface area contributed by atoms with Crippen LogP contribution in [0.2, 0.25) is 0 Å². The van der Waals surface area contributed by atoms with Crippen molar-refractivity contribution in [2.75, 3.05) is 31.6 Å². The molecule has 0 bridgehead atoms. The standard InChI is InChI=1S/C25H26N2O3S/c1-18-22(25(29)27-14-16-30-17-15-27)24(31-23(18)20-10-6-3-7-11-20)26-21(28)13-12-19-8-4-2-5-9-19/h2-11H,12-17H2,1H3,(H,26,28). The lowest BCUT2D eigenvalue weighted by atomic mass is 10.1. The number of ether oxygens (including phenoxy) is 1. The SMILES string of the molecule is Cc1c(-c2ccccc2)sc(NC(=O)CCc2ccccc2)c1C(=O)N1CCOCC1. The van der Waals surface area contributed by atoms with Crippen molar-refractivity contribution >= 4 is 28.2 Å². The van der Waals surface area contributed by atoms with Gasteiger partial charge in [0.1, 0.15) is 5.00 Å². The van der Waals surface area contributed by atoms with E-state index in [0.29, 0.717) is 49.7 Å². The third-order valence-electron chi connectivity index (χ3n) is 5.43. The van der Waals surface area contributed by atoms with Crippen molar-refractivity contribution in [3.8, 4) is 10.4 Å². The molecule has 0 atom stereocenters. The number of carbonyl (C=O) groups excluding carboxylic acids is 2. The summed E-state index contributed by atoms with van der Waals surface area (Å²) in [5.74, 6) is -0.127. The van der Waals surface area contributed by atoms with E-state index in [1.807, 2.05) is 72.5 Å². The number of morpholine rings is 1. The van der Waals surface area contributed by atoms with Crippen LogP contribution in [0.25, 0.3) is 10.4 Å². The fraction of sp³-hybridized carbons (Fsp3) is 0.280. The van der Waals surface area contributed by atoms with Crippen LogP contribution in [-0.2, 0) is 16.0 Å². The van der Waals surface area contributed by atoms with Crippen LogP contribution in [0.4, 0.5) is 5.00 Å². The Morgan fingerprint density at radius 2 is 1.65 bits per heavy atom. The third-order valence-corrected chi connectivity index (χ3v) is 6.69. The first-order valence-corrected chi connectivity index (χ1v) is 11.3. The summed E-state index contributed by atoms with van der Waals surface area (Å²) in [6.07, 6.45) is 1.03. The van der Waals surface area contributed by atoms with Gasteiger partial charge in [0, 0.05) is 24.4 Å². The zero-order valence-corrected chi connectivity index (χ0v) is 18.4. The highest BCUT2D eigenvalue weighted by atomic mass is 32.1. The lowest BCUT2D eigenvalue weighted by Crippen LogP contribution is -2.41. The molecule has 31 heavy (non-hydrogen) atoms. The van der Waals surface area contributed by atoms with Crippen molar-refractivity contribution in [2.24, 2.45) is 0 Å². The molecule has 0 radical (unpaired) electrons. The minimum absolute atomic E-state index is 0.0439. The number of hydrogen-bond acceptors (Lipinski definition) is 4. The molecule has 1 saturated heterocycles. The number of carbonyl (C=O) groups is 2. The Hall–Kier alpha value is -2.96. The van der Waals surface area contributed by atoms with Gasteiger partial charge in [-0.1, -0.05) is 60.7 Å². The third kappa shape index (κ3) is 5.03. The van der Waals surface area contributed by atoms with E-state index in [1.54, 1.807) is 0 Å². The summed E-state index contributed by atoms with van der Waals surface area (Å²) in [5, 5.41) is 3.66. The van der Waals surface area contributed by atoms with Gasteiger partial charge in [0.05, 0.1) is 18.8 Å². The molecular weight excluding hydrogens is 408 g/mol. The molecule has 1 fully saturated rings. The van der Waals surface area contributed by atoms with Crippen molar-refractivity contribution in [1.29, 1.82) is 0 Å². The fourth-order valence-electron chi connectivity index (χ4n) is 3.74. The van der Waals surface area contributed by atoms with E-state index in [-0.39, 0.29) is 11.8 Å². The predicted octanol–water partition coefficient (Wildman–Crippen LogP) is 4.77. The van der Waals surface area contributed by atoms with Gasteiger partial charge in [-0.15, -0.1) is 11.3 Å². The van der Waals surface area contributed by atoms with Gasteiger partial charge >= 0.3 is 0 Å². The minimum Gasteiger partial charge on any atom is -0.378 e. The second-order valence-corrected chi connectivity index (χ2v) is 8.59. The molecular formula is C25H26N2O3S. The first-order chi connectivity index (χ1) is 15.1. The summed E-state index contributed by atoms with van der Waals surface area (Å²) in [6.45, 7) is 4.18. The van der Waals surface area contributed by atoms with Gasteiger partial charge in [-0.25, -0.2) is 0 Å². The molecule has 0 unspecified atom stereocenters. The van der Waals surface area contributed by atoms with Crippen LogP contribution in [0.1, 0.15) is 27.9 Å². The Bertz CT molecular complexity index is 1040. The minimum atomic E-state index is -0.0826. The van der Waals surface area contributed by atoms with Crippen molar-refractivity contribution in [2.45, 2.75) is 19.8 Å². The van der Waals surface area contributed by atoms with Gasteiger partial charge in [0.25, 0.3) is 5.91 Å². The molecule has 2 heterocycles. The molecule has 5 nitrogen and oxygen atoms in total. The average Bonchev–Trinajstić information content (AvgIpc) is 3.14. The Morgan fingerprint density at radius 1 is 1.00 bits per heavy atom. The van der Waals surface area contributed by atoms with E-state index in [0.717, 1.165) is 21.6 Å². The zero-order valence-electron chi connectivity index (χ0n) is 17.6. The van der Waals surface area contributed by atoms with Crippen LogP contribution >= 0.6 is 11.3 Å². The van der Waals surface area contributed by atoms with Gasteiger partial charge in [-0.2, -0.15) is 0 Å². The molecule has 6 heteroatoms. The molecule has 0 aliphatic carbocycles. The van der Waals surface area contributed by atoms with E-state index in [9.17, 15) is 9.59 Å². The molecule has 0 spiro atoms. The maximum Gasteiger partial charge on any atom is 0.257 e. The molecule has 1 aliphatic rings. The second-order valence-electron chi connectivity index (χ2n) is 7.56. The Labute approximate surface area is 186 Å². The number of amides is 2. The number of rotatable bonds is 6. The smallest absolute Gasteiger partial charge is 0.257 e. The van der Waals surface area contributed by atoms with E-state index >= 15 is 0 Å².